The van der Waals surface area contributed by atoms with Crippen molar-refractivity contribution in [2.75, 3.05) is 5.73 Å². The van der Waals surface area contributed by atoms with Crippen LogP contribution in [0.1, 0.15) is 22.8 Å². The third-order valence-corrected chi connectivity index (χ3v) is 3.10. The number of hydrogen-bond acceptors (Lipinski definition) is 3. The fourth-order valence-corrected chi connectivity index (χ4v) is 1.90. The van der Waals surface area contributed by atoms with Crippen LogP contribution < -0.4 is 5.73 Å². The fourth-order valence-electron chi connectivity index (χ4n) is 1.90. The van der Waals surface area contributed by atoms with Gasteiger partial charge in [-0.15, -0.1) is 0 Å². The number of nitrogens with zero attached hydrogens (tertiary/aromatic N) is 2. The molecule has 96 valence electrons. The van der Waals surface area contributed by atoms with Crippen LogP contribution in [0.2, 0.25) is 0 Å². The summed E-state index contributed by atoms with van der Waals surface area (Å²) in [4.78, 5) is 0. The molecule has 0 aliphatic heterocycles. The number of anilines is 1. The van der Waals surface area contributed by atoms with Crippen molar-refractivity contribution in [2.24, 2.45) is 7.05 Å². The van der Waals surface area contributed by atoms with Crippen LogP contribution in [0.5, 0.6) is 0 Å². The van der Waals surface area contributed by atoms with E-state index in [2.05, 4.69) is 5.10 Å². The number of aromatic nitrogens is 2. The van der Waals surface area contributed by atoms with Crippen molar-refractivity contribution >= 4 is 5.82 Å². The first-order valence-electron chi connectivity index (χ1n) is 5.69. The third kappa shape index (κ3) is 2.36. The Hall–Kier alpha value is -1.88. The van der Waals surface area contributed by atoms with Crippen LogP contribution in [0.3, 0.4) is 0 Å². The van der Waals surface area contributed by atoms with Crippen molar-refractivity contribution in [3.8, 4) is 0 Å². The second-order valence-corrected chi connectivity index (χ2v) is 4.40. The Balaban J connectivity index is 2.23. The normalized spacial score (nSPS) is 12.7. The molecule has 1 atom stereocenters. The second-order valence-electron chi connectivity index (χ2n) is 4.40. The minimum Gasteiger partial charge on any atom is -0.388 e. The van der Waals surface area contributed by atoms with Crippen molar-refractivity contribution in [3.63, 3.8) is 0 Å². The molecule has 0 bridgehead atoms. The van der Waals surface area contributed by atoms with Gasteiger partial charge in [0, 0.05) is 19.0 Å². The maximum Gasteiger partial charge on any atom is 0.127 e. The molecule has 0 spiro atoms. The zero-order valence-corrected chi connectivity index (χ0v) is 10.4. The number of aryl methyl sites for hydroxylation is 2. The summed E-state index contributed by atoms with van der Waals surface area (Å²) >= 11 is 0. The molecule has 1 heterocycles. The Bertz CT molecular complexity index is 565. The van der Waals surface area contributed by atoms with Gasteiger partial charge < -0.3 is 10.8 Å². The van der Waals surface area contributed by atoms with E-state index < -0.39 is 6.10 Å². The Morgan fingerprint density at radius 2 is 2.22 bits per heavy atom. The van der Waals surface area contributed by atoms with E-state index in [1.165, 1.54) is 23.0 Å². The number of aliphatic hydroxyl groups excluding tert-OH is 1. The predicted octanol–water partition coefficient (Wildman–Crippen LogP) is 1.73. The maximum absolute atomic E-state index is 13.2. The van der Waals surface area contributed by atoms with E-state index in [1.54, 1.807) is 13.1 Å². The van der Waals surface area contributed by atoms with Crippen LogP contribution in [-0.4, -0.2) is 14.9 Å². The van der Waals surface area contributed by atoms with Gasteiger partial charge in [-0.25, -0.2) is 4.39 Å². The summed E-state index contributed by atoms with van der Waals surface area (Å²) in [6.07, 6.45) is 1.08. The maximum atomic E-state index is 13.2. The van der Waals surface area contributed by atoms with E-state index in [-0.39, 0.29) is 5.82 Å². The molecule has 1 aromatic heterocycles. The van der Waals surface area contributed by atoms with Crippen molar-refractivity contribution in [3.05, 3.63) is 46.9 Å². The molecule has 2 rings (SSSR count). The lowest BCUT2D eigenvalue weighted by molar-refractivity contribution is 0.179. The Morgan fingerprint density at radius 3 is 2.83 bits per heavy atom. The van der Waals surface area contributed by atoms with Gasteiger partial charge >= 0.3 is 0 Å². The second kappa shape index (κ2) is 4.78. The predicted molar refractivity (Wildman–Crippen MR) is 67.4 cm³/mol. The van der Waals surface area contributed by atoms with Gasteiger partial charge in [-0.1, -0.05) is 6.07 Å². The molecule has 3 N–H and O–H groups in total. The quantitative estimate of drug-likeness (QED) is 0.870. The lowest BCUT2D eigenvalue weighted by Gasteiger charge is -2.12. The number of nitrogens with two attached hydrogens (primary N) is 1. The number of benzene rings is 1. The topological polar surface area (TPSA) is 64.1 Å². The average molecular weight is 249 g/mol. The Kier molecular flexibility index (Phi) is 3.34. The largest absolute Gasteiger partial charge is 0.388 e. The monoisotopic (exact) mass is 249 g/mol. The first kappa shape index (κ1) is 12.6. The van der Waals surface area contributed by atoms with E-state index in [0.717, 1.165) is 11.1 Å². The van der Waals surface area contributed by atoms with Crippen LogP contribution in [0, 0.1) is 12.7 Å². The zero-order chi connectivity index (χ0) is 13.3. The fraction of sp³-hybridized carbons (Fsp3) is 0.308. The van der Waals surface area contributed by atoms with E-state index in [0.29, 0.717) is 17.8 Å². The summed E-state index contributed by atoms with van der Waals surface area (Å²) < 4.78 is 14.7. The highest BCUT2D eigenvalue weighted by atomic mass is 19.1. The molecule has 0 amide bonds. The number of rotatable bonds is 3. The number of halogens is 1. The summed E-state index contributed by atoms with van der Waals surface area (Å²) in [5.74, 6) is 0.124. The SMILES string of the molecule is Cc1ccc(F)cc1CC(O)c1cnn(C)c1N. The molecule has 18 heavy (non-hydrogen) atoms. The summed E-state index contributed by atoms with van der Waals surface area (Å²) in [6.45, 7) is 1.88. The minimum absolute atomic E-state index is 0.304. The molecular weight excluding hydrogens is 233 g/mol. The molecule has 1 unspecified atom stereocenters. The molecule has 0 aliphatic carbocycles. The van der Waals surface area contributed by atoms with Gasteiger partial charge in [0.2, 0.25) is 0 Å². The highest BCUT2D eigenvalue weighted by Gasteiger charge is 2.16. The molecule has 0 aliphatic rings. The van der Waals surface area contributed by atoms with Gasteiger partial charge in [0.25, 0.3) is 0 Å². The molecule has 4 nitrogen and oxygen atoms in total. The molecule has 1 aromatic carbocycles. The molecule has 0 radical (unpaired) electrons. The lowest BCUT2D eigenvalue weighted by atomic mass is 9.99. The van der Waals surface area contributed by atoms with Gasteiger partial charge in [-0.05, 0) is 30.2 Å². The van der Waals surface area contributed by atoms with Crippen LogP contribution in [0.4, 0.5) is 10.2 Å². The van der Waals surface area contributed by atoms with Crippen molar-refractivity contribution < 1.29 is 9.50 Å². The highest BCUT2D eigenvalue weighted by Crippen LogP contribution is 2.24. The van der Waals surface area contributed by atoms with E-state index in [9.17, 15) is 9.50 Å². The molecule has 0 saturated carbocycles. The highest BCUT2D eigenvalue weighted by molar-refractivity contribution is 5.41. The van der Waals surface area contributed by atoms with Crippen LogP contribution in [0.25, 0.3) is 0 Å². The van der Waals surface area contributed by atoms with E-state index in [4.69, 9.17) is 5.73 Å². The van der Waals surface area contributed by atoms with Gasteiger partial charge in [0.05, 0.1) is 12.3 Å². The molecule has 2 aromatic rings. The van der Waals surface area contributed by atoms with E-state index in [1.807, 2.05) is 6.92 Å². The summed E-state index contributed by atoms with van der Waals surface area (Å²) in [7, 11) is 1.71. The molecular formula is C13H16FN3O. The zero-order valence-electron chi connectivity index (χ0n) is 10.4. The third-order valence-electron chi connectivity index (χ3n) is 3.10. The van der Waals surface area contributed by atoms with Crippen LogP contribution in [-0.2, 0) is 13.5 Å². The molecule has 0 saturated heterocycles. The van der Waals surface area contributed by atoms with Crippen molar-refractivity contribution in [1.82, 2.24) is 9.78 Å². The van der Waals surface area contributed by atoms with Crippen LogP contribution >= 0.6 is 0 Å². The average Bonchev–Trinajstić information content (AvgIpc) is 2.65. The minimum atomic E-state index is -0.779. The summed E-state index contributed by atoms with van der Waals surface area (Å²) in [6, 6.07) is 4.54. The number of nitrogen functional groups attached to an aromatic ring is 1. The number of hydrogen-bond donors (Lipinski definition) is 2. The standard InChI is InChI=1S/C13H16FN3O/c1-8-3-4-10(14)5-9(8)6-12(18)11-7-16-17(2)13(11)15/h3-5,7,12,18H,6,15H2,1-2H3. The molecule has 0 fully saturated rings. The Morgan fingerprint density at radius 1 is 1.50 bits per heavy atom. The lowest BCUT2D eigenvalue weighted by Crippen LogP contribution is -2.07. The van der Waals surface area contributed by atoms with Gasteiger partial charge in [0.15, 0.2) is 0 Å². The summed E-state index contributed by atoms with van der Waals surface area (Å²) in [5, 5.41) is 14.1. The van der Waals surface area contributed by atoms with Gasteiger partial charge in [0.1, 0.15) is 11.6 Å². The van der Waals surface area contributed by atoms with Gasteiger partial charge in [-0.3, -0.25) is 4.68 Å². The van der Waals surface area contributed by atoms with Crippen LogP contribution in [0.15, 0.2) is 24.4 Å². The van der Waals surface area contributed by atoms with Crippen molar-refractivity contribution in [2.45, 2.75) is 19.4 Å². The first-order valence-corrected chi connectivity index (χ1v) is 5.69. The Labute approximate surface area is 105 Å². The first-order chi connectivity index (χ1) is 8.49. The van der Waals surface area contributed by atoms with Gasteiger partial charge in [-0.2, -0.15) is 5.10 Å². The van der Waals surface area contributed by atoms with E-state index >= 15 is 0 Å². The summed E-state index contributed by atoms with van der Waals surface area (Å²) in [5.41, 5.74) is 8.07. The van der Waals surface area contributed by atoms with Crippen molar-refractivity contribution in [1.29, 1.82) is 0 Å². The molecule has 5 heteroatoms. The smallest absolute Gasteiger partial charge is 0.127 e. The number of aliphatic hydroxyl groups is 1.